The van der Waals surface area contributed by atoms with E-state index in [1.807, 2.05) is 13.8 Å². The van der Waals surface area contributed by atoms with Crippen molar-refractivity contribution in [2.24, 2.45) is 0 Å². The maximum Gasteiger partial charge on any atom is 0.342 e. The fraction of sp³-hybridized carbons (Fsp3) is 0.238. The van der Waals surface area contributed by atoms with E-state index in [4.69, 9.17) is 9.47 Å². The molecule has 1 unspecified atom stereocenters. The number of carbonyl (C=O) groups excluding carboxylic acids is 2. The second-order valence-corrected chi connectivity index (χ2v) is 5.60. The van der Waals surface area contributed by atoms with Gasteiger partial charge in [0.1, 0.15) is 35.5 Å². The molecule has 2 aromatic carbocycles. The maximum absolute atomic E-state index is 12.4. The number of benzene rings is 2. The fourth-order valence-electron chi connectivity index (χ4n) is 2.59. The second kappa shape index (κ2) is 9.00. The molecular weight excluding hydrogens is 348 g/mol. The van der Waals surface area contributed by atoms with E-state index in [1.165, 1.54) is 24.3 Å². The van der Waals surface area contributed by atoms with E-state index >= 15 is 0 Å². The van der Waals surface area contributed by atoms with Gasteiger partial charge in [0.25, 0.3) is 0 Å². The first kappa shape index (κ1) is 20.2. The van der Waals surface area contributed by atoms with Crippen molar-refractivity contribution in [3.05, 3.63) is 58.7 Å². The lowest BCUT2D eigenvalue weighted by Gasteiger charge is -2.15. The Balaban J connectivity index is 0.00000126. The summed E-state index contributed by atoms with van der Waals surface area (Å²) < 4.78 is 11.0. The molecule has 0 fully saturated rings. The summed E-state index contributed by atoms with van der Waals surface area (Å²) in [5.74, 6) is -0.287. The van der Waals surface area contributed by atoms with Crippen molar-refractivity contribution in [3.63, 3.8) is 0 Å². The third kappa shape index (κ3) is 4.35. The number of aryl methyl sites for hydroxylation is 1. The third-order valence-corrected chi connectivity index (χ3v) is 3.87. The van der Waals surface area contributed by atoms with Gasteiger partial charge in [0, 0.05) is 5.56 Å². The Morgan fingerprint density at radius 3 is 2.59 bits per heavy atom. The molecule has 142 valence electrons. The first-order valence-electron chi connectivity index (χ1n) is 8.63. The summed E-state index contributed by atoms with van der Waals surface area (Å²) in [6.07, 6.45) is 2.26. The van der Waals surface area contributed by atoms with Crippen LogP contribution in [-0.4, -0.2) is 35.2 Å². The first-order chi connectivity index (χ1) is 13.0. The minimum atomic E-state index is -1.07. The van der Waals surface area contributed by atoms with E-state index in [0.717, 1.165) is 0 Å². The zero-order valence-corrected chi connectivity index (χ0v) is 15.4. The molecule has 0 aromatic heterocycles. The largest absolute Gasteiger partial charge is 0.507 e. The Kier molecular flexibility index (Phi) is 6.73. The molecule has 1 heterocycles. The Hall–Kier alpha value is -3.12. The normalized spacial score (nSPS) is 16.9. The monoisotopic (exact) mass is 370 g/mol. The Labute approximate surface area is 157 Å². The van der Waals surface area contributed by atoms with Gasteiger partial charge in [-0.2, -0.15) is 0 Å². The van der Waals surface area contributed by atoms with Crippen molar-refractivity contribution in [1.29, 1.82) is 0 Å². The summed E-state index contributed by atoms with van der Waals surface area (Å²) in [5, 5.41) is 19.9. The van der Waals surface area contributed by atoms with Gasteiger partial charge in [-0.15, -0.1) is 0 Å². The zero-order valence-electron chi connectivity index (χ0n) is 15.4. The summed E-state index contributed by atoms with van der Waals surface area (Å²) in [7, 11) is 0. The molecule has 0 radical (unpaired) electrons. The molecule has 2 aromatic rings. The molecule has 1 aliphatic heterocycles. The number of esters is 1. The van der Waals surface area contributed by atoms with Crippen LogP contribution in [0.3, 0.4) is 0 Å². The number of aliphatic hydroxyl groups excluding tert-OH is 1. The molecule has 0 bridgehead atoms. The predicted octanol–water partition coefficient (Wildman–Crippen LogP) is 3.88. The molecular formula is C21H22O6. The predicted molar refractivity (Wildman–Crippen MR) is 101 cm³/mol. The molecule has 1 atom stereocenters. The standard InChI is InChI=1S/C19H16O6.C2H6/c1-11-3-2-4-17-18(11)19(23)24-10-12(21)5-6-13-14(9-20)15(22)7-8-16(13)25-17;1-2/h2-9,12,21-22H,10H2,1H3;1-2H3/b6-5+;. The molecule has 0 amide bonds. The van der Waals surface area contributed by atoms with Crippen LogP contribution in [0.15, 0.2) is 36.4 Å². The number of rotatable bonds is 1. The average Bonchev–Trinajstić information content (AvgIpc) is 2.69. The quantitative estimate of drug-likeness (QED) is 0.585. The second-order valence-electron chi connectivity index (χ2n) is 5.60. The number of phenolic OH excluding ortho intramolecular Hbond substituents is 1. The highest BCUT2D eigenvalue weighted by Crippen LogP contribution is 2.35. The number of phenols is 1. The van der Waals surface area contributed by atoms with Crippen LogP contribution in [0.2, 0.25) is 0 Å². The number of ether oxygens (including phenoxy) is 2. The van der Waals surface area contributed by atoms with Crippen molar-refractivity contribution in [3.8, 4) is 17.2 Å². The number of fused-ring (bicyclic) bond motifs is 2. The molecule has 3 rings (SSSR count). The highest BCUT2D eigenvalue weighted by Gasteiger charge is 2.21. The first-order valence-corrected chi connectivity index (χ1v) is 8.63. The van der Waals surface area contributed by atoms with Crippen molar-refractivity contribution in [2.75, 3.05) is 6.61 Å². The lowest BCUT2D eigenvalue weighted by Crippen LogP contribution is -2.17. The van der Waals surface area contributed by atoms with Gasteiger partial charge in [-0.25, -0.2) is 4.79 Å². The lowest BCUT2D eigenvalue weighted by molar-refractivity contribution is 0.0342. The van der Waals surface area contributed by atoms with Gasteiger partial charge in [0.05, 0.1) is 5.56 Å². The van der Waals surface area contributed by atoms with Gasteiger partial charge < -0.3 is 19.7 Å². The van der Waals surface area contributed by atoms with Crippen LogP contribution in [0, 0.1) is 6.92 Å². The van der Waals surface area contributed by atoms with E-state index in [2.05, 4.69) is 0 Å². The van der Waals surface area contributed by atoms with E-state index in [1.54, 1.807) is 25.1 Å². The minimum absolute atomic E-state index is 0.0293. The molecule has 2 N–H and O–H groups in total. The van der Waals surface area contributed by atoms with Crippen molar-refractivity contribution >= 4 is 18.3 Å². The van der Waals surface area contributed by atoms with Crippen LogP contribution in [0.25, 0.3) is 6.08 Å². The maximum atomic E-state index is 12.4. The summed E-state index contributed by atoms with van der Waals surface area (Å²) in [6, 6.07) is 7.90. The SMILES string of the molecule is CC.Cc1cccc2c1C(=O)OCC(O)/C=C/c1c(ccc(O)c1C=O)O2. The number of hydrogen-bond donors (Lipinski definition) is 2. The van der Waals surface area contributed by atoms with Crippen LogP contribution in [0.4, 0.5) is 0 Å². The van der Waals surface area contributed by atoms with Crippen LogP contribution in [0.5, 0.6) is 17.2 Å². The van der Waals surface area contributed by atoms with Gasteiger partial charge in [-0.1, -0.05) is 38.1 Å². The summed E-state index contributed by atoms with van der Waals surface area (Å²) in [5.41, 5.74) is 1.22. The number of cyclic esters (lactones) is 1. The van der Waals surface area contributed by atoms with Gasteiger partial charge >= 0.3 is 5.97 Å². The van der Waals surface area contributed by atoms with E-state index in [-0.39, 0.29) is 35.0 Å². The number of aldehydes is 1. The summed E-state index contributed by atoms with van der Waals surface area (Å²) in [6.45, 7) is 5.50. The molecule has 0 aliphatic carbocycles. The number of carbonyl (C=O) groups is 2. The molecule has 0 spiro atoms. The lowest BCUT2D eigenvalue weighted by atomic mass is 10.0. The number of hydrogen-bond acceptors (Lipinski definition) is 6. The Bertz CT molecular complexity index is 869. The topological polar surface area (TPSA) is 93.1 Å². The van der Waals surface area contributed by atoms with Gasteiger partial charge in [-0.3, -0.25) is 4.79 Å². The summed E-state index contributed by atoms with van der Waals surface area (Å²) >= 11 is 0. The minimum Gasteiger partial charge on any atom is -0.507 e. The fourth-order valence-corrected chi connectivity index (χ4v) is 2.59. The van der Waals surface area contributed by atoms with Crippen molar-refractivity contribution in [1.82, 2.24) is 0 Å². The smallest absolute Gasteiger partial charge is 0.342 e. The molecule has 0 saturated heterocycles. The third-order valence-electron chi connectivity index (χ3n) is 3.87. The number of aliphatic hydroxyl groups is 1. The molecule has 1 aliphatic rings. The van der Waals surface area contributed by atoms with Crippen LogP contribution in [0.1, 0.15) is 45.7 Å². The molecule has 27 heavy (non-hydrogen) atoms. The average molecular weight is 370 g/mol. The Morgan fingerprint density at radius 1 is 1.15 bits per heavy atom. The highest BCUT2D eigenvalue weighted by molar-refractivity contribution is 5.94. The van der Waals surface area contributed by atoms with Crippen LogP contribution >= 0.6 is 0 Å². The van der Waals surface area contributed by atoms with E-state index in [0.29, 0.717) is 17.4 Å². The van der Waals surface area contributed by atoms with Crippen molar-refractivity contribution < 1.29 is 29.3 Å². The summed E-state index contributed by atoms with van der Waals surface area (Å²) in [4.78, 5) is 23.7. The highest BCUT2D eigenvalue weighted by atomic mass is 16.5. The van der Waals surface area contributed by atoms with E-state index in [9.17, 15) is 19.8 Å². The van der Waals surface area contributed by atoms with Gasteiger partial charge in [-0.05, 0) is 30.7 Å². The van der Waals surface area contributed by atoms with Crippen LogP contribution in [-0.2, 0) is 4.74 Å². The van der Waals surface area contributed by atoms with Gasteiger partial charge in [0.2, 0.25) is 0 Å². The number of aromatic hydroxyl groups is 1. The van der Waals surface area contributed by atoms with Crippen molar-refractivity contribution in [2.45, 2.75) is 26.9 Å². The molecule has 0 saturated carbocycles. The van der Waals surface area contributed by atoms with E-state index < -0.39 is 12.1 Å². The zero-order chi connectivity index (χ0) is 20.0. The van der Waals surface area contributed by atoms with Crippen LogP contribution < -0.4 is 4.74 Å². The molecule has 6 nitrogen and oxygen atoms in total. The molecule has 6 heteroatoms. The van der Waals surface area contributed by atoms with Gasteiger partial charge in [0.15, 0.2) is 6.29 Å². The Morgan fingerprint density at radius 2 is 1.89 bits per heavy atom.